The Hall–Kier alpha value is -3.17. The summed E-state index contributed by atoms with van der Waals surface area (Å²) in [5.41, 5.74) is 7.19. The van der Waals surface area contributed by atoms with E-state index in [4.69, 9.17) is 10.5 Å². The van der Waals surface area contributed by atoms with Crippen LogP contribution in [0.1, 0.15) is 10.4 Å². The normalized spacial score (nSPS) is 10.8. The molecule has 0 saturated heterocycles. The first-order valence-corrected chi connectivity index (χ1v) is 5.96. The van der Waals surface area contributed by atoms with Gasteiger partial charge in [0, 0.05) is 7.05 Å². The highest BCUT2D eigenvalue weighted by atomic mass is 16.5. The number of hydrogen-bond donors (Lipinski definition) is 3. The molecule has 0 saturated carbocycles. The predicted octanol–water partition coefficient (Wildman–Crippen LogP) is -0.0509. The van der Waals surface area contributed by atoms with Gasteiger partial charge in [-0.15, -0.1) is 5.10 Å². The number of rotatable bonds is 3. The summed E-state index contributed by atoms with van der Waals surface area (Å²) < 4.78 is 6.05. The van der Waals surface area contributed by atoms with E-state index in [1.807, 2.05) is 0 Å². The van der Waals surface area contributed by atoms with Crippen LogP contribution in [0, 0.1) is 0 Å². The molecule has 0 bridgehead atoms. The van der Waals surface area contributed by atoms with Crippen LogP contribution in [0.15, 0.2) is 12.7 Å². The molecule has 0 unspecified atom stereocenters. The number of nitrogens with zero attached hydrogens (tertiary/aromatic N) is 5. The molecule has 10 heteroatoms. The van der Waals surface area contributed by atoms with Crippen molar-refractivity contribution in [3.05, 3.63) is 18.2 Å². The van der Waals surface area contributed by atoms with Crippen molar-refractivity contribution in [3.8, 4) is 5.82 Å². The lowest BCUT2D eigenvalue weighted by atomic mass is 10.3. The zero-order valence-corrected chi connectivity index (χ0v) is 11.3. The Kier molecular flexibility index (Phi) is 2.90. The smallest absolute Gasteiger partial charge is 0.345 e. The highest BCUT2D eigenvalue weighted by Crippen LogP contribution is 2.26. The molecule has 3 rings (SSSR count). The van der Waals surface area contributed by atoms with Crippen LogP contribution < -0.4 is 11.1 Å². The number of nitrogen functional groups attached to an aromatic ring is 1. The molecule has 0 aliphatic carbocycles. The second-order valence-corrected chi connectivity index (χ2v) is 4.06. The third-order valence-corrected chi connectivity index (χ3v) is 2.95. The van der Waals surface area contributed by atoms with Gasteiger partial charge < -0.3 is 20.8 Å². The van der Waals surface area contributed by atoms with Gasteiger partial charge in [0.15, 0.2) is 17.3 Å². The number of aromatic amines is 1. The van der Waals surface area contributed by atoms with E-state index in [-0.39, 0.29) is 11.4 Å². The molecule has 10 nitrogen and oxygen atoms in total. The first kappa shape index (κ1) is 12.8. The third-order valence-electron chi connectivity index (χ3n) is 2.95. The summed E-state index contributed by atoms with van der Waals surface area (Å²) in [6.45, 7) is 0. The van der Waals surface area contributed by atoms with E-state index < -0.39 is 5.97 Å². The summed E-state index contributed by atoms with van der Waals surface area (Å²) in [5.74, 6) is 0.214. The van der Waals surface area contributed by atoms with Gasteiger partial charge in [-0.25, -0.2) is 19.7 Å². The maximum atomic E-state index is 11.8. The molecule has 3 aromatic rings. The van der Waals surface area contributed by atoms with Crippen molar-refractivity contribution in [3.63, 3.8) is 0 Å². The molecule has 3 heterocycles. The highest BCUT2D eigenvalue weighted by Gasteiger charge is 2.24. The summed E-state index contributed by atoms with van der Waals surface area (Å²) in [6.07, 6.45) is 2.83. The molecule has 0 aliphatic rings. The summed E-state index contributed by atoms with van der Waals surface area (Å²) in [5, 5.41) is 7.04. The lowest BCUT2D eigenvalue weighted by molar-refractivity contribution is 0.0603. The van der Waals surface area contributed by atoms with E-state index in [9.17, 15) is 4.79 Å². The van der Waals surface area contributed by atoms with Gasteiger partial charge in [-0.1, -0.05) is 0 Å². The minimum atomic E-state index is -0.585. The molecule has 108 valence electrons. The number of esters is 1. The van der Waals surface area contributed by atoms with Crippen LogP contribution in [0.25, 0.3) is 17.0 Å². The summed E-state index contributed by atoms with van der Waals surface area (Å²) in [7, 11) is 2.90. The fourth-order valence-corrected chi connectivity index (χ4v) is 1.98. The van der Waals surface area contributed by atoms with Gasteiger partial charge in [-0.2, -0.15) is 4.68 Å². The summed E-state index contributed by atoms with van der Waals surface area (Å²) >= 11 is 0. The SMILES string of the molecule is CNc1nn(-c2ncnc3nc[nH]c23)c(N)c1C(=O)OC. The zero-order valence-electron chi connectivity index (χ0n) is 11.3. The van der Waals surface area contributed by atoms with Gasteiger partial charge in [0.25, 0.3) is 0 Å². The second kappa shape index (κ2) is 4.74. The number of H-pyrrole nitrogens is 1. The molecule has 21 heavy (non-hydrogen) atoms. The minimum Gasteiger partial charge on any atom is -0.465 e. The first-order valence-electron chi connectivity index (χ1n) is 5.96. The van der Waals surface area contributed by atoms with Gasteiger partial charge in [-0.05, 0) is 0 Å². The standard InChI is InChI=1S/C11H12N8O2/c1-13-8-5(11(20)21-2)7(12)19(18-8)10-6-9(15-3-14-6)16-4-17-10/h3-4H,12H2,1-2H3,(H,13,18)(H,14,15,16,17). The number of aromatic nitrogens is 6. The molecule has 0 fully saturated rings. The molecular weight excluding hydrogens is 276 g/mol. The van der Waals surface area contributed by atoms with E-state index in [2.05, 4.69) is 30.4 Å². The first-order chi connectivity index (χ1) is 10.2. The quantitative estimate of drug-likeness (QED) is 0.570. The third kappa shape index (κ3) is 1.84. The Labute approximate surface area is 118 Å². The maximum absolute atomic E-state index is 11.8. The Bertz CT molecular complexity index is 821. The van der Waals surface area contributed by atoms with E-state index in [1.165, 1.54) is 24.4 Å². The fourth-order valence-electron chi connectivity index (χ4n) is 1.98. The number of nitrogens with two attached hydrogens (primary N) is 1. The lowest BCUT2D eigenvalue weighted by Crippen LogP contribution is -2.09. The van der Waals surface area contributed by atoms with Crippen molar-refractivity contribution < 1.29 is 9.53 Å². The van der Waals surface area contributed by atoms with Crippen LogP contribution in [0.4, 0.5) is 11.6 Å². The molecule has 4 N–H and O–H groups in total. The predicted molar refractivity (Wildman–Crippen MR) is 74.1 cm³/mol. The van der Waals surface area contributed by atoms with Crippen LogP contribution in [-0.4, -0.2) is 49.8 Å². The van der Waals surface area contributed by atoms with Crippen molar-refractivity contribution in [2.45, 2.75) is 0 Å². The van der Waals surface area contributed by atoms with Crippen LogP contribution in [0.2, 0.25) is 0 Å². The van der Waals surface area contributed by atoms with Crippen molar-refractivity contribution in [1.82, 2.24) is 29.7 Å². The van der Waals surface area contributed by atoms with E-state index in [1.54, 1.807) is 7.05 Å². The van der Waals surface area contributed by atoms with Crippen LogP contribution in [0.3, 0.4) is 0 Å². The van der Waals surface area contributed by atoms with Gasteiger partial charge >= 0.3 is 5.97 Å². The van der Waals surface area contributed by atoms with Crippen LogP contribution in [0.5, 0.6) is 0 Å². The number of methoxy groups -OCH3 is 1. The molecule has 0 aromatic carbocycles. The monoisotopic (exact) mass is 288 g/mol. The fraction of sp³-hybridized carbons (Fsp3) is 0.182. The molecule has 3 aromatic heterocycles. The molecule has 0 aliphatic heterocycles. The average Bonchev–Trinajstić information content (AvgIpc) is 3.10. The van der Waals surface area contributed by atoms with Crippen LogP contribution in [-0.2, 0) is 4.74 Å². The number of ether oxygens (including phenoxy) is 1. The van der Waals surface area contributed by atoms with E-state index >= 15 is 0 Å². The zero-order chi connectivity index (χ0) is 15.0. The molecule has 0 atom stereocenters. The number of carbonyl (C=O) groups is 1. The topological polar surface area (TPSA) is 137 Å². The van der Waals surface area contributed by atoms with Crippen molar-refractivity contribution in [2.75, 3.05) is 25.2 Å². The number of fused-ring (bicyclic) bond motifs is 1. The second-order valence-electron chi connectivity index (χ2n) is 4.06. The summed E-state index contributed by atoms with van der Waals surface area (Å²) in [6, 6.07) is 0. The lowest BCUT2D eigenvalue weighted by Gasteiger charge is -2.03. The molecule has 0 radical (unpaired) electrons. The van der Waals surface area contributed by atoms with Gasteiger partial charge in [0.2, 0.25) is 0 Å². The number of anilines is 2. The number of nitrogens with one attached hydrogen (secondary N) is 2. The maximum Gasteiger partial charge on any atom is 0.345 e. The Morgan fingerprint density at radius 3 is 2.95 bits per heavy atom. The number of hydrogen-bond acceptors (Lipinski definition) is 8. The van der Waals surface area contributed by atoms with Gasteiger partial charge in [0.1, 0.15) is 23.2 Å². The van der Waals surface area contributed by atoms with Gasteiger partial charge in [0.05, 0.1) is 13.4 Å². The molecule has 0 spiro atoms. The average molecular weight is 288 g/mol. The Morgan fingerprint density at radius 2 is 2.24 bits per heavy atom. The Morgan fingerprint density at radius 1 is 1.43 bits per heavy atom. The molecule has 0 amide bonds. The number of carbonyl (C=O) groups excluding carboxylic acids is 1. The largest absolute Gasteiger partial charge is 0.465 e. The Balaban J connectivity index is 2.26. The van der Waals surface area contributed by atoms with Crippen molar-refractivity contribution in [1.29, 1.82) is 0 Å². The van der Waals surface area contributed by atoms with E-state index in [0.29, 0.717) is 22.8 Å². The minimum absolute atomic E-state index is 0.112. The van der Waals surface area contributed by atoms with Gasteiger partial charge in [-0.3, -0.25) is 0 Å². The summed E-state index contributed by atoms with van der Waals surface area (Å²) in [4.78, 5) is 26.9. The van der Waals surface area contributed by atoms with E-state index in [0.717, 1.165) is 0 Å². The highest BCUT2D eigenvalue weighted by molar-refractivity contribution is 6.00. The van der Waals surface area contributed by atoms with Crippen molar-refractivity contribution in [2.24, 2.45) is 0 Å². The number of imidazole rings is 1. The van der Waals surface area contributed by atoms with Crippen LogP contribution >= 0.6 is 0 Å². The van der Waals surface area contributed by atoms with Crippen molar-refractivity contribution >= 4 is 28.8 Å². The molecular formula is C11H12N8O2.